The Hall–Kier alpha value is -0.890. The number of hydrogen-bond donors (Lipinski definition) is 1. The monoisotopic (exact) mass is 195 g/mol. The number of benzene rings is 1. The van der Waals surface area contributed by atoms with Crippen LogP contribution in [0.4, 0.5) is 4.39 Å². The molecule has 14 heavy (non-hydrogen) atoms. The van der Waals surface area contributed by atoms with Crippen LogP contribution in [0.25, 0.3) is 0 Å². The first-order valence-corrected chi connectivity index (χ1v) is 4.90. The van der Waals surface area contributed by atoms with E-state index in [4.69, 9.17) is 5.73 Å². The molecule has 0 aliphatic carbocycles. The molecule has 0 bridgehead atoms. The van der Waals surface area contributed by atoms with E-state index in [1.54, 1.807) is 6.92 Å². The van der Waals surface area contributed by atoms with Crippen LogP contribution in [0.2, 0.25) is 0 Å². The predicted molar refractivity (Wildman–Crippen MR) is 58.2 cm³/mol. The Morgan fingerprint density at radius 3 is 2.57 bits per heavy atom. The zero-order valence-electron chi connectivity index (χ0n) is 9.10. The van der Waals surface area contributed by atoms with Crippen molar-refractivity contribution in [2.45, 2.75) is 32.9 Å². The van der Waals surface area contributed by atoms with Crippen LogP contribution in [0.5, 0.6) is 0 Å². The van der Waals surface area contributed by atoms with Crippen LogP contribution in [-0.2, 0) is 6.42 Å². The van der Waals surface area contributed by atoms with Crippen molar-refractivity contribution < 1.29 is 4.39 Å². The second-order valence-electron chi connectivity index (χ2n) is 4.22. The molecule has 0 radical (unpaired) electrons. The highest BCUT2D eigenvalue weighted by atomic mass is 19.1. The highest BCUT2D eigenvalue weighted by Crippen LogP contribution is 2.20. The Balaban J connectivity index is 2.91. The highest BCUT2D eigenvalue weighted by Gasteiger charge is 2.22. The number of hydrogen-bond acceptors (Lipinski definition) is 1. The summed E-state index contributed by atoms with van der Waals surface area (Å²) in [7, 11) is 0. The van der Waals surface area contributed by atoms with Crippen LogP contribution in [0, 0.1) is 13.8 Å². The second-order valence-corrected chi connectivity index (χ2v) is 4.22. The van der Waals surface area contributed by atoms with E-state index in [-0.39, 0.29) is 6.54 Å². The maximum absolute atomic E-state index is 13.7. The number of aryl methyl sites for hydroxylation is 2. The van der Waals surface area contributed by atoms with Crippen molar-refractivity contribution in [1.29, 1.82) is 0 Å². The fraction of sp³-hybridized carbons (Fsp3) is 0.500. The highest BCUT2D eigenvalue weighted by molar-refractivity contribution is 5.31. The summed E-state index contributed by atoms with van der Waals surface area (Å²) in [6.45, 7) is 5.64. The third-order valence-electron chi connectivity index (χ3n) is 2.49. The van der Waals surface area contributed by atoms with Gasteiger partial charge in [0.1, 0.15) is 5.67 Å². The van der Waals surface area contributed by atoms with Gasteiger partial charge in [-0.1, -0.05) is 23.8 Å². The maximum Gasteiger partial charge on any atom is 0.124 e. The lowest BCUT2D eigenvalue weighted by atomic mass is 9.94. The third-order valence-corrected chi connectivity index (χ3v) is 2.49. The standard InChI is InChI=1S/C12H18FN/c1-9-4-5-10(2)11(6-9)7-12(3,13)8-14/h4-6H,7-8,14H2,1-3H3. The average Bonchev–Trinajstić information content (AvgIpc) is 2.11. The molecule has 2 N–H and O–H groups in total. The first-order chi connectivity index (χ1) is 6.44. The van der Waals surface area contributed by atoms with Gasteiger partial charge in [-0.15, -0.1) is 0 Å². The molecule has 0 aliphatic heterocycles. The minimum absolute atomic E-state index is 0.0698. The van der Waals surface area contributed by atoms with Gasteiger partial charge >= 0.3 is 0 Å². The maximum atomic E-state index is 13.7. The van der Waals surface area contributed by atoms with Crippen molar-refractivity contribution in [1.82, 2.24) is 0 Å². The molecule has 0 aromatic heterocycles. The average molecular weight is 195 g/mol. The largest absolute Gasteiger partial charge is 0.328 e. The van der Waals surface area contributed by atoms with Gasteiger partial charge < -0.3 is 5.73 Å². The Labute approximate surface area is 85.1 Å². The van der Waals surface area contributed by atoms with E-state index in [2.05, 4.69) is 0 Å². The van der Waals surface area contributed by atoms with E-state index in [1.807, 2.05) is 32.0 Å². The van der Waals surface area contributed by atoms with Gasteiger partial charge in [0, 0.05) is 13.0 Å². The van der Waals surface area contributed by atoms with Crippen molar-refractivity contribution in [2.24, 2.45) is 5.73 Å². The molecule has 0 saturated heterocycles. The number of nitrogens with two attached hydrogens (primary N) is 1. The lowest BCUT2D eigenvalue weighted by molar-refractivity contribution is 0.200. The zero-order valence-corrected chi connectivity index (χ0v) is 9.10. The van der Waals surface area contributed by atoms with Crippen LogP contribution in [0.1, 0.15) is 23.6 Å². The third kappa shape index (κ3) is 2.81. The van der Waals surface area contributed by atoms with E-state index >= 15 is 0 Å². The van der Waals surface area contributed by atoms with Gasteiger partial charge in [0.25, 0.3) is 0 Å². The quantitative estimate of drug-likeness (QED) is 0.788. The van der Waals surface area contributed by atoms with Gasteiger partial charge in [-0.25, -0.2) is 4.39 Å². The fourth-order valence-corrected chi connectivity index (χ4v) is 1.46. The molecule has 0 fully saturated rings. The van der Waals surface area contributed by atoms with Crippen LogP contribution in [-0.4, -0.2) is 12.2 Å². The Kier molecular flexibility index (Phi) is 3.27. The summed E-state index contributed by atoms with van der Waals surface area (Å²) in [4.78, 5) is 0. The molecule has 0 spiro atoms. The van der Waals surface area contributed by atoms with Gasteiger partial charge in [-0.3, -0.25) is 0 Å². The molecule has 1 aromatic carbocycles. The van der Waals surface area contributed by atoms with Gasteiger partial charge in [-0.2, -0.15) is 0 Å². The molecule has 78 valence electrons. The fourth-order valence-electron chi connectivity index (χ4n) is 1.46. The number of alkyl halides is 1. The lowest BCUT2D eigenvalue weighted by Gasteiger charge is -2.19. The van der Waals surface area contributed by atoms with Gasteiger partial charge in [0.2, 0.25) is 0 Å². The Morgan fingerprint density at radius 2 is 2.00 bits per heavy atom. The predicted octanol–water partition coefficient (Wildman–Crippen LogP) is 2.53. The molecule has 2 heteroatoms. The van der Waals surface area contributed by atoms with E-state index in [9.17, 15) is 4.39 Å². The van der Waals surface area contributed by atoms with Crippen LogP contribution < -0.4 is 5.73 Å². The molecule has 0 amide bonds. The van der Waals surface area contributed by atoms with E-state index in [1.165, 1.54) is 5.56 Å². The van der Waals surface area contributed by atoms with E-state index < -0.39 is 5.67 Å². The van der Waals surface area contributed by atoms with Crippen molar-refractivity contribution >= 4 is 0 Å². The molecule has 1 unspecified atom stereocenters. The topological polar surface area (TPSA) is 26.0 Å². The zero-order chi connectivity index (χ0) is 10.8. The first-order valence-electron chi connectivity index (χ1n) is 4.90. The van der Waals surface area contributed by atoms with Crippen LogP contribution in [0.3, 0.4) is 0 Å². The molecular weight excluding hydrogens is 177 g/mol. The molecule has 1 atom stereocenters. The molecule has 0 heterocycles. The minimum Gasteiger partial charge on any atom is -0.328 e. The summed E-state index contributed by atoms with van der Waals surface area (Å²) < 4.78 is 13.7. The van der Waals surface area contributed by atoms with E-state index in [0.717, 1.165) is 11.1 Å². The SMILES string of the molecule is Cc1ccc(C)c(CC(C)(F)CN)c1. The van der Waals surface area contributed by atoms with Crippen molar-refractivity contribution in [3.8, 4) is 0 Å². The lowest BCUT2D eigenvalue weighted by Crippen LogP contribution is -2.31. The van der Waals surface area contributed by atoms with Crippen molar-refractivity contribution in [3.63, 3.8) is 0 Å². The van der Waals surface area contributed by atoms with Crippen molar-refractivity contribution in [2.75, 3.05) is 6.54 Å². The summed E-state index contributed by atoms with van der Waals surface area (Å²) in [6, 6.07) is 6.09. The van der Waals surface area contributed by atoms with E-state index in [0.29, 0.717) is 6.42 Å². The number of halogens is 1. The summed E-state index contributed by atoms with van der Waals surface area (Å²) >= 11 is 0. The Bertz CT molecular complexity index is 318. The molecule has 1 rings (SSSR count). The summed E-state index contributed by atoms with van der Waals surface area (Å²) in [5.74, 6) is 0. The normalized spacial score (nSPS) is 15.2. The first kappa shape index (κ1) is 11.2. The summed E-state index contributed by atoms with van der Waals surface area (Å²) in [5, 5.41) is 0. The van der Waals surface area contributed by atoms with Crippen LogP contribution in [0.15, 0.2) is 18.2 Å². The second kappa shape index (κ2) is 4.09. The van der Waals surface area contributed by atoms with Gasteiger partial charge in [0.05, 0.1) is 0 Å². The molecule has 1 aromatic rings. The molecule has 1 nitrogen and oxygen atoms in total. The van der Waals surface area contributed by atoms with Crippen LogP contribution >= 0.6 is 0 Å². The molecular formula is C12H18FN. The smallest absolute Gasteiger partial charge is 0.124 e. The minimum atomic E-state index is -1.29. The molecule has 0 saturated carbocycles. The Morgan fingerprint density at radius 1 is 1.36 bits per heavy atom. The van der Waals surface area contributed by atoms with Gasteiger partial charge in [-0.05, 0) is 31.9 Å². The number of rotatable bonds is 3. The summed E-state index contributed by atoms with van der Waals surface area (Å²) in [6.07, 6.45) is 0.400. The molecule has 0 aliphatic rings. The summed E-state index contributed by atoms with van der Waals surface area (Å²) in [5.41, 5.74) is 7.43. The van der Waals surface area contributed by atoms with Gasteiger partial charge in [0.15, 0.2) is 0 Å². The van der Waals surface area contributed by atoms with Crippen molar-refractivity contribution in [3.05, 3.63) is 34.9 Å².